The lowest BCUT2D eigenvalue weighted by atomic mass is 10.0. The molecule has 1 aliphatic carbocycles. The van der Waals surface area contributed by atoms with Crippen molar-refractivity contribution in [2.24, 2.45) is 0 Å². The van der Waals surface area contributed by atoms with Crippen LogP contribution in [0.5, 0.6) is 0 Å². The number of hydrogen-bond donors (Lipinski definition) is 1. The van der Waals surface area contributed by atoms with Crippen LogP contribution in [0.3, 0.4) is 0 Å². The van der Waals surface area contributed by atoms with E-state index in [1.54, 1.807) is 6.33 Å². The lowest BCUT2D eigenvalue weighted by Crippen LogP contribution is -2.08. The van der Waals surface area contributed by atoms with Gasteiger partial charge in [-0.05, 0) is 17.5 Å². The third kappa shape index (κ3) is 1.85. The fourth-order valence-electron chi connectivity index (χ4n) is 3.20. The Morgan fingerprint density at radius 2 is 2.00 bits per heavy atom. The molecule has 2 heterocycles. The van der Waals surface area contributed by atoms with Crippen molar-refractivity contribution in [3.63, 3.8) is 0 Å². The van der Waals surface area contributed by atoms with Gasteiger partial charge in [-0.1, -0.05) is 35.9 Å². The van der Waals surface area contributed by atoms with Gasteiger partial charge < -0.3 is 9.67 Å². The molecule has 6 heteroatoms. The van der Waals surface area contributed by atoms with Crippen LogP contribution in [0.4, 0.5) is 0 Å². The van der Waals surface area contributed by atoms with E-state index >= 15 is 0 Å². The third-order valence-electron chi connectivity index (χ3n) is 4.17. The number of fused-ring (bicyclic) bond motifs is 2. The Balaban J connectivity index is 1.89. The molecular formula is C15H13ClN4O. The smallest absolute Gasteiger partial charge is 0.165 e. The van der Waals surface area contributed by atoms with Gasteiger partial charge in [0.15, 0.2) is 10.8 Å². The molecule has 1 aromatic carbocycles. The molecule has 106 valence electrons. The van der Waals surface area contributed by atoms with Crippen LogP contribution in [-0.2, 0) is 0 Å². The van der Waals surface area contributed by atoms with Gasteiger partial charge in [0.1, 0.15) is 11.8 Å². The number of rotatable bonds is 2. The van der Waals surface area contributed by atoms with Gasteiger partial charge in [0.25, 0.3) is 0 Å². The van der Waals surface area contributed by atoms with E-state index in [2.05, 4.69) is 27.1 Å². The second-order valence-corrected chi connectivity index (χ2v) is 5.61. The first kappa shape index (κ1) is 12.7. The lowest BCUT2D eigenvalue weighted by molar-refractivity contribution is 0.259. The first-order chi connectivity index (χ1) is 10.3. The van der Waals surface area contributed by atoms with Crippen molar-refractivity contribution in [1.82, 2.24) is 19.5 Å². The zero-order valence-corrected chi connectivity index (χ0v) is 11.9. The number of halogens is 1. The quantitative estimate of drug-likeness (QED) is 0.739. The molecule has 0 spiro atoms. The van der Waals surface area contributed by atoms with Gasteiger partial charge in [-0.3, -0.25) is 0 Å². The topological polar surface area (TPSA) is 63.8 Å². The van der Waals surface area contributed by atoms with E-state index in [-0.39, 0.29) is 18.6 Å². The Kier molecular flexibility index (Phi) is 2.90. The molecule has 4 rings (SSSR count). The van der Waals surface area contributed by atoms with Crippen molar-refractivity contribution < 1.29 is 5.11 Å². The van der Waals surface area contributed by atoms with Crippen LogP contribution in [0.25, 0.3) is 11.2 Å². The largest absolute Gasteiger partial charge is 0.396 e. The van der Waals surface area contributed by atoms with E-state index in [1.165, 1.54) is 17.5 Å². The maximum Gasteiger partial charge on any atom is 0.165 e. The molecule has 5 nitrogen and oxygen atoms in total. The highest BCUT2D eigenvalue weighted by Gasteiger charge is 2.32. The Morgan fingerprint density at radius 3 is 2.81 bits per heavy atom. The maximum absolute atomic E-state index is 9.61. The average molecular weight is 301 g/mol. The van der Waals surface area contributed by atoms with Crippen LogP contribution < -0.4 is 0 Å². The molecule has 21 heavy (non-hydrogen) atoms. The van der Waals surface area contributed by atoms with Crippen LogP contribution in [-0.4, -0.2) is 31.2 Å². The summed E-state index contributed by atoms with van der Waals surface area (Å²) in [6, 6.07) is 8.33. The second kappa shape index (κ2) is 4.79. The Labute approximate surface area is 126 Å². The summed E-state index contributed by atoms with van der Waals surface area (Å²) < 4.78 is 2.03. The Morgan fingerprint density at radius 1 is 1.19 bits per heavy atom. The number of imidazole rings is 1. The molecule has 0 amide bonds. The molecule has 0 radical (unpaired) electrons. The predicted molar refractivity (Wildman–Crippen MR) is 79.4 cm³/mol. The SMILES string of the molecule is OC[C@@H]1C[C@H](n2cnc3c(Cl)ncnc32)c2ccccc21. The highest BCUT2D eigenvalue weighted by atomic mass is 35.5. The molecule has 2 atom stereocenters. The van der Waals surface area contributed by atoms with Crippen LogP contribution in [0.2, 0.25) is 5.15 Å². The summed E-state index contributed by atoms with van der Waals surface area (Å²) in [6.07, 6.45) is 4.04. The monoisotopic (exact) mass is 300 g/mol. The van der Waals surface area contributed by atoms with Gasteiger partial charge in [0.05, 0.1) is 19.0 Å². The average Bonchev–Trinajstić information content (AvgIpc) is 3.09. The van der Waals surface area contributed by atoms with Crippen molar-refractivity contribution in [2.75, 3.05) is 6.61 Å². The van der Waals surface area contributed by atoms with E-state index in [1.807, 2.05) is 16.7 Å². The summed E-state index contributed by atoms with van der Waals surface area (Å²) in [6.45, 7) is 0.149. The minimum Gasteiger partial charge on any atom is -0.396 e. The number of hydrogen-bond acceptors (Lipinski definition) is 4. The van der Waals surface area contributed by atoms with Gasteiger partial charge in [0, 0.05) is 5.92 Å². The van der Waals surface area contributed by atoms with Crippen molar-refractivity contribution in [1.29, 1.82) is 0 Å². The number of aliphatic hydroxyl groups is 1. The summed E-state index contributed by atoms with van der Waals surface area (Å²) in [5.74, 6) is 0.154. The molecule has 0 saturated heterocycles. The number of aliphatic hydroxyl groups excluding tert-OH is 1. The van der Waals surface area contributed by atoms with Crippen LogP contribution >= 0.6 is 11.6 Å². The predicted octanol–water partition coefficient (Wildman–Crippen LogP) is 2.55. The van der Waals surface area contributed by atoms with Gasteiger partial charge in [-0.15, -0.1) is 0 Å². The molecule has 2 aromatic heterocycles. The highest BCUT2D eigenvalue weighted by molar-refractivity contribution is 6.33. The van der Waals surface area contributed by atoms with Crippen LogP contribution in [0.1, 0.15) is 29.5 Å². The van der Waals surface area contributed by atoms with Gasteiger partial charge in [-0.2, -0.15) is 0 Å². The molecule has 1 aliphatic rings. The molecule has 1 N–H and O–H groups in total. The van der Waals surface area contributed by atoms with Crippen molar-refractivity contribution in [3.8, 4) is 0 Å². The molecule has 0 unspecified atom stereocenters. The fraction of sp³-hybridized carbons (Fsp3) is 0.267. The summed E-state index contributed by atoms with van der Waals surface area (Å²) in [5.41, 5.74) is 3.76. The van der Waals surface area contributed by atoms with Crippen LogP contribution in [0, 0.1) is 0 Å². The molecule has 0 aliphatic heterocycles. The van der Waals surface area contributed by atoms with E-state index < -0.39 is 0 Å². The Bertz CT molecular complexity index is 816. The minimum atomic E-state index is 0.120. The van der Waals surface area contributed by atoms with E-state index in [0.717, 1.165) is 12.1 Å². The third-order valence-corrected chi connectivity index (χ3v) is 4.45. The number of aromatic nitrogens is 4. The fourth-order valence-corrected chi connectivity index (χ4v) is 3.37. The van der Waals surface area contributed by atoms with Gasteiger partial charge >= 0.3 is 0 Å². The summed E-state index contributed by atoms with van der Waals surface area (Å²) in [5, 5.41) is 9.98. The molecule has 3 aromatic rings. The molecular weight excluding hydrogens is 288 g/mol. The summed E-state index contributed by atoms with van der Waals surface area (Å²) in [4.78, 5) is 12.6. The molecule has 0 fully saturated rings. The van der Waals surface area contributed by atoms with Crippen molar-refractivity contribution in [2.45, 2.75) is 18.4 Å². The van der Waals surface area contributed by atoms with Gasteiger partial charge in [-0.25, -0.2) is 15.0 Å². The Hall–Kier alpha value is -1.98. The second-order valence-electron chi connectivity index (χ2n) is 5.25. The van der Waals surface area contributed by atoms with Crippen LogP contribution in [0.15, 0.2) is 36.9 Å². The van der Waals surface area contributed by atoms with Crippen molar-refractivity contribution >= 4 is 22.8 Å². The zero-order valence-electron chi connectivity index (χ0n) is 11.1. The standard InChI is InChI=1S/C15H13ClN4O/c16-14-13-15(18-7-17-14)20(8-19-13)12-5-9(6-21)10-3-1-2-4-11(10)12/h1-4,7-9,12,21H,5-6H2/t9-,12-/m0/s1. The first-order valence-electron chi connectivity index (χ1n) is 6.82. The van der Waals surface area contributed by atoms with E-state index in [9.17, 15) is 5.11 Å². The summed E-state index contributed by atoms with van der Waals surface area (Å²) in [7, 11) is 0. The lowest BCUT2D eigenvalue weighted by Gasteiger charge is -2.14. The van der Waals surface area contributed by atoms with Crippen molar-refractivity contribution in [3.05, 3.63) is 53.2 Å². The highest BCUT2D eigenvalue weighted by Crippen LogP contribution is 2.43. The molecule has 0 bridgehead atoms. The molecule has 0 saturated carbocycles. The summed E-state index contributed by atoms with van der Waals surface area (Å²) >= 11 is 6.07. The normalized spacial score (nSPS) is 20.9. The van der Waals surface area contributed by atoms with E-state index in [4.69, 9.17) is 11.6 Å². The number of benzene rings is 1. The minimum absolute atomic E-state index is 0.120. The van der Waals surface area contributed by atoms with E-state index in [0.29, 0.717) is 10.7 Å². The van der Waals surface area contributed by atoms with Gasteiger partial charge in [0.2, 0.25) is 0 Å². The number of nitrogens with zero attached hydrogens (tertiary/aromatic N) is 4. The zero-order chi connectivity index (χ0) is 14.4. The first-order valence-corrected chi connectivity index (χ1v) is 7.20. The maximum atomic E-state index is 9.61.